The van der Waals surface area contributed by atoms with Crippen LogP contribution in [0.15, 0.2) is 0 Å². The van der Waals surface area contributed by atoms with Gasteiger partial charge >= 0.3 is 0 Å². The number of fused-ring (bicyclic) bond motifs is 1. The fourth-order valence-electron chi connectivity index (χ4n) is 3.62. The Morgan fingerprint density at radius 1 is 1.36 bits per heavy atom. The van der Waals surface area contributed by atoms with Gasteiger partial charge in [-0.05, 0) is 37.0 Å². The molecule has 1 heteroatoms. The van der Waals surface area contributed by atoms with Crippen LogP contribution >= 0.6 is 0 Å². The lowest BCUT2D eigenvalue weighted by Crippen LogP contribution is -2.20. The molecule has 0 aromatic rings. The van der Waals surface area contributed by atoms with Crippen molar-refractivity contribution in [2.24, 2.45) is 23.2 Å². The van der Waals surface area contributed by atoms with E-state index in [0.29, 0.717) is 23.0 Å². The van der Waals surface area contributed by atoms with Crippen LogP contribution in [0.5, 0.6) is 0 Å². The Morgan fingerprint density at radius 2 is 2.18 bits per heavy atom. The third-order valence-electron chi connectivity index (χ3n) is 4.03. The number of hydrogen-bond acceptors (Lipinski definition) is 1. The highest BCUT2D eigenvalue weighted by molar-refractivity contribution is 5.90. The molecule has 2 bridgehead atoms. The van der Waals surface area contributed by atoms with Gasteiger partial charge in [-0.2, -0.15) is 0 Å². The van der Waals surface area contributed by atoms with Crippen LogP contribution in [-0.2, 0) is 4.79 Å². The van der Waals surface area contributed by atoms with E-state index in [2.05, 4.69) is 6.92 Å². The van der Waals surface area contributed by atoms with Gasteiger partial charge in [0.05, 0.1) is 0 Å². The quantitative estimate of drug-likeness (QED) is 0.516. The lowest BCUT2D eigenvalue weighted by molar-refractivity contribution is -0.122. The van der Waals surface area contributed by atoms with Crippen molar-refractivity contribution in [3.05, 3.63) is 0 Å². The molecule has 0 radical (unpaired) electrons. The van der Waals surface area contributed by atoms with Gasteiger partial charge in [-0.1, -0.05) is 6.92 Å². The van der Waals surface area contributed by atoms with Crippen LogP contribution in [0.2, 0.25) is 0 Å². The summed E-state index contributed by atoms with van der Waals surface area (Å²) in [5.74, 6) is 2.45. The summed E-state index contributed by atoms with van der Waals surface area (Å²) in [7, 11) is 0. The molecule has 0 saturated heterocycles. The van der Waals surface area contributed by atoms with Crippen LogP contribution in [0.25, 0.3) is 0 Å². The van der Waals surface area contributed by atoms with Crippen molar-refractivity contribution in [1.29, 1.82) is 0 Å². The zero-order valence-corrected chi connectivity index (χ0v) is 6.97. The highest BCUT2D eigenvalue weighted by Gasteiger charge is 2.67. The van der Waals surface area contributed by atoms with Crippen molar-refractivity contribution >= 4 is 5.78 Å². The Kier molecular flexibility index (Phi) is 0.875. The summed E-state index contributed by atoms with van der Waals surface area (Å²) in [6, 6.07) is 0. The molecular weight excluding hydrogens is 136 g/mol. The van der Waals surface area contributed by atoms with Gasteiger partial charge in [0.2, 0.25) is 0 Å². The number of carbonyl (C=O) groups is 1. The molecule has 0 amide bonds. The van der Waals surface area contributed by atoms with E-state index in [1.165, 1.54) is 25.7 Å². The maximum absolute atomic E-state index is 11.6. The number of carbonyl (C=O) groups excluding carboxylic acids is 1. The highest BCUT2D eigenvalue weighted by Crippen LogP contribution is 2.70. The first-order valence-corrected chi connectivity index (χ1v) is 4.75. The molecule has 0 aliphatic heterocycles. The van der Waals surface area contributed by atoms with Gasteiger partial charge in [0.15, 0.2) is 0 Å². The lowest BCUT2D eigenvalue weighted by Gasteiger charge is -2.27. The van der Waals surface area contributed by atoms with Gasteiger partial charge in [0.25, 0.3) is 0 Å². The molecule has 3 fully saturated rings. The summed E-state index contributed by atoms with van der Waals surface area (Å²) in [4.78, 5) is 11.6. The predicted octanol–water partition coefficient (Wildman–Crippen LogP) is 2.01. The molecule has 0 heterocycles. The number of hydrogen-bond donors (Lipinski definition) is 0. The van der Waals surface area contributed by atoms with Gasteiger partial charge in [0, 0.05) is 11.8 Å². The Hall–Kier alpha value is -0.330. The summed E-state index contributed by atoms with van der Waals surface area (Å²) < 4.78 is 0. The summed E-state index contributed by atoms with van der Waals surface area (Å²) in [6.07, 6.45) is 5.03. The second kappa shape index (κ2) is 1.55. The fraction of sp³-hybridized carbons (Fsp3) is 0.900. The molecule has 4 atom stereocenters. The second-order valence-corrected chi connectivity index (χ2v) is 4.97. The smallest absolute Gasteiger partial charge is 0.139 e. The molecule has 1 nitrogen and oxygen atoms in total. The summed E-state index contributed by atoms with van der Waals surface area (Å²) >= 11 is 0. The monoisotopic (exact) mass is 150 g/mol. The van der Waals surface area contributed by atoms with Gasteiger partial charge in [-0.15, -0.1) is 0 Å². The summed E-state index contributed by atoms with van der Waals surface area (Å²) in [5, 5.41) is 0. The van der Waals surface area contributed by atoms with E-state index >= 15 is 0 Å². The third-order valence-corrected chi connectivity index (χ3v) is 4.03. The largest absolute Gasteiger partial charge is 0.299 e. The molecule has 3 saturated carbocycles. The van der Waals surface area contributed by atoms with E-state index in [4.69, 9.17) is 0 Å². The molecule has 11 heavy (non-hydrogen) atoms. The first-order valence-electron chi connectivity index (χ1n) is 4.75. The van der Waals surface area contributed by atoms with Crippen LogP contribution in [0, 0.1) is 23.2 Å². The third kappa shape index (κ3) is 0.605. The summed E-state index contributed by atoms with van der Waals surface area (Å²) in [6.45, 7) is 2.31. The summed E-state index contributed by atoms with van der Waals surface area (Å²) in [5.41, 5.74) is 0.555. The van der Waals surface area contributed by atoms with E-state index in [0.717, 1.165) is 5.92 Å². The fourth-order valence-corrected chi connectivity index (χ4v) is 3.62. The van der Waals surface area contributed by atoms with Crippen molar-refractivity contribution in [1.82, 2.24) is 0 Å². The maximum atomic E-state index is 11.6. The van der Waals surface area contributed by atoms with E-state index in [-0.39, 0.29) is 0 Å². The van der Waals surface area contributed by atoms with E-state index in [9.17, 15) is 4.79 Å². The molecule has 60 valence electrons. The van der Waals surface area contributed by atoms with Crippen LogP contribution < -0.4 is 0 Å². The Morgan fingerprint density at radius 3 is 2.91 bits per heavy atom. The van der Waals surface area contributed by atoms with E-state index in [1.54, 1.807) is 0 Å². The van der Waals surface area contributed by atoms with Crippen molar-refractivity contribution in [3.63, 3.8) is 0 Å². The zero-order valence-electron chi connectivity index (χ0n) is 6.97. The first-order chi connectivity index (χ1) is 5.21. The standard InChI is InChI=1S/C10H14O/c1-6-2-7-4-10(3-6)5-8(10)9(7)11/h6-8H,2-5H2,1H3. The average molecular weight is 150 g/mol. The van der Waals surface area contributed by atoms with Crippen molar-refractivity contribution in [2.75, 3.05) is 0 Å². The maximum Gasteiger partial charge on any atom is 0.139 e. The molecule has 3 rings (SSSR count). The molecule has 0 aromatic heterocycles. The zero-order chi connectivity index (χ0) is 7.64. The van der Waals surface area contributed by atoms with Crippen molar-refractivity contribution in [2.45, 2.75) is 32.6 Å². The highest BCUT2D eigenvalue weighted by atomic mass is 16.1. The Labute approximate surface area is 67.2 Å². The number of ketones is 1. The van der Waals surface area contributed by atoms with Crippen molar-refractivity contribution < 1.29 is 4.79 Å². The molecule has 3 aliphatic carbocycles. The second-order valence-electron chi connectivity index (χ2n) is 4.97. The minimum atomic E-state index is 0.484. The van der Waals surface area contributed by atoms with Gasteiger partial charge < -0.3 is 0 Å². The van der Waals surface area contributed by atoms with Gasteiger partial charge in [-0.3, -0.25) is 4.79 Å². The minimum absolute atomic E-state index is 0.484. The van der Waals surface area contributed by atoms with Crippen LogP contribution in [0.3, 0.4) is 0 Å². The average Bonchev–Trinajstić information content (AvgIpc) is 2.55. The predicted molar refractivity (Wildman–Crippen MR) is 42.1 cm³/mol. The van der Waals surface area contributed by atoms with E-state index < -0.39 is 0 Å². The molecular formula is C10H14O. The molecule has 0 aromatic carbocycles. The number of Topliss-reactive ketones (excluding diaryl/α,β-unsaturated/α-hetero) is 1. The number of rotatable bonds is 0. The van der Waals surface area contributed by atoms with Gasteiger partial charge in [-0.25, -0.2) is 0 Å². The molecule has 3 aliphatic rings. The normalized spacial score (nSPS) is 59.4. The molecule has 0 N–H and O–H groups in total. The van der Waals surface area contributed by atoms with Crippen LogP contribution in [0.1, 0.15) is 32.6 Å². The Bertz CT molecular complexity index is 233. The minimum Gasteiger partial charge on any atom is -0.299 e. The molecule has 1 spiro atoms. The lowest BCUT2D eigenvalue weighted by atomic mass is 9.77. The first kappa shape index (κ1) is 6.22. The molecule has 4 unspecified atom stereocenters. The van der Waals surface area contributed by atoms with Crippen LogP contribution in [-0.4, -0.2) is 5.78 Å². The van der Waals surface area contributed by atoms with Crippen LogP contribution in [0.4, 0.5) is 0 Å². The SMILES string of the molecule is CC1CC2CC3(C1)CC3C2=O. The topological polar surface area (TPSA) is 17.1 Å². The Balaban J connectivity index is 1.98. The van der Waals surface area contributed by atoms with Gasteiger partial charge in [0.1, 0.15) is 5.78 Å². The van der Waals surface area contributed by atoms with Crippen molar-refractivity contribution in [3.8, 4) is 0 Å². The van der Waals surface area contributed by atoms with E-state index in [1.807, 2.05) is 0 Å².